The first kappa shape index (κ1) is 23.4. The summed E-state index contributed by atoms with van der Waals surface area (Å²) in [7, 11) is 1.37. The Morgan fingerprint density at radius 3 is 2.79 bits per heavy atom. The Balaban J connectivity index is 1.75. The minimum absolute atomic E-state index is 0.0225. The zero-order valence-corrected chi connectivity index (χ0v) is 17.9. The summed E-state index contributed by atoms with van der Waals surface area (Å²) in [6, 6.07) is 0. The molecule has 162 valence electrons. The molecule has 0 aromatic heterocycles. The van der Waals surface area contributed by atoms with Gasteiger partial charge in [0.2, 0.25) is 0 Å². The maximum atomic E-state index is 11.1. The normalized spacial score (nSPS) is 31.8. The predicted molar refractivity (Wildman–Crippen MR) is 110 cm³/mol. The lowest BCUT2D eigenvalue weighted by atomic mass is 9.89. The number of methoxy groups -OCH3 is 1. The van der Waals surface area contributed by atoms with Crippen LogP contribution in [0.3, 0.4) is 0 Å². The number of carbonyl (C=O) groups is 1. The van der Waals surface area contributed by atoms with Crippen LogP contribution < -0.4 is 0 Å². The largest absolute Gasteiger partial charge is 0.467 e. The monoisotopic (exact) mass is 396 g/mol. The molecule has 7 atom stereocenters. The van der Waals surface area contributed by atoms with E-state index in [1.165, 1.54) is 20.0 Å². The predicted octanol–water partition coefficient (Wildman–Crippen LogP) is 3.72. The van der Waals surface area contributed by atoms with Crippen molar-refractivity contribution in [3.8, 4) is 0 Å². The Bertz CT molecular complexity index is 491. The van der Waals surface area contributed by atoms with Gasteiger partial charge in [-0.05, 0) is 55.8 Å². The molecule has 0 aromatic rings. The third-order valence-electron chi connectivity index (χ3n) is 6.70. The molecular weight excluding hydrogens is 356 g/mol. The van der Waals surface area contributed by atoms with Crippen LogP contribution in [-0.2, 0) is 14.3 Å². The highest BCUT2D eigenvalue weighted by molar-refractivity contribution is 5.70. The van der Waals surface area contributed by atoms with E-state index in [1.54, 1.807) is 0 Å². The van der Waals surface area contributed by atoms with Gasteiger partial charge in [0.1, 0.15) is 6.61 Å². The highest BCUT2D eigenvalue weighted by Crippen LogP contribution is 2.51. The lowest BCUT2D eigenvalue weighted by molar-refractivity contribution is -0.146. The van der Waals surface area contributed by atoms with E-state index in [1.807, 2.05) is 6.08 Å². The molecule has 0 aliphatic heterocycles. The molecule has 5 nitrogen and oxygen atoms in total. The summed E-state index contributed by atoms with van der Waals surface area (Å²) in [4.78, 5) is 11.1. The van der Waals surface area contributed by atoms with E-state index in [4.69, 9.17) is 4.74 Å². The number of rotatable bonds is 12. The summed E-state index contributed by atoms with van der Waals surface area (Å²) in [6.07, 6.45) is 11.7. The molecule has 5 heteroatoms. The second-order valence-electron chi connectivity index (χ2n) is 8.99. The minimum Gasteiger partial charge on any atom is -0.467 e. The SMILES string of the molecule is CCCC[C@H](C)C[C@H](O)C=C[C@@H]1[C@H]2C[C@H](CCOCC(=O)OC)C[C@H]2C[C@H]1O. The maximum Gasteiger partial charge on any atom is 0.331 e. The van der Waals surface area contributed by atoms with Crippen molar-refractivity contribution in [2.75, 3.05) is 20.3 Å². The van der Waals surface area contributed by atoms with Crippen molar-refractivity contribution >= 4 is 5.97 Å². The zero-order chi connectivity index (χ0) is 20.5. The summed E-state index contributed by atoms with van der Waals surface area (Å²) in [5, 5.41) is 20.8. The zero-order valence-electron chi connectivity index (χ0n) is 17.9. The molecule has 0 aromatic carbocycles. The van der Waals surface area contributed by atoms with Crippen molar-refractivity contribution in [3.05, 3.63) is 12.2 Å². The van der Waals surface area contributed by atoms with Gasteiger partial charge >= 0.3 is 5.97 Å². The van der Waals surface area contributed by atoms with Crippen LogP contribution in [0.2, 0.25) is 0 Å². The van der Waals surface area contributed by atoms with E-state index >= 15 is 0 Å². The van der Waals surface area contributed by atoms with Gasteiger partial charge in [-0.25, -0.2) is 4.79 Å². The number of aliphatic hydroxyl groups is 2. The van der Waals surface area contributed by atoms with Crippen molar-refractivity contribution in [1.82, 2.24) is 0 Å². The molecule has 28 heavy (non-hydrogen) atoms. The lowest BCUT2D eigenvalue weighted by Gasteiger charge is -2.20. The molecule has 0 amide bonds. The third kappa shape index (κ3) is 7.16. The van der Waals surface area contributed by atoms with Crippen molar-refractivity contribution in [3.63, 3.8) is 0 Å². The Kier molecular flexibility index (Phi) is 9.96. The molecule has 2 aliphatic rings. The van der Waals surface area contributed by atoms with E-state index < -0.39 is 6.10 Å². The van der Waals surface area contributed by atoms with E-state index in [0.29, 0.717) is 30.3 Å². The average Bonchev–Trinajstić information content (AvgIpc) is 3.18. The quantitative estimate of drug-likeness (QED) is 0.299. The number of ether oxygens (including phenoxy) is 2. The Morgan fingerprint density at radius 2 is 2.07 bits per heavy atom. The second kappa shape index (κ2) is 11.9. The summed E-state index contributed by atoms with van der Waals surface area (Å²) in [5.41, 5.74) is 0. The molecule has 0 spiro atoms. The third-order valence-corrected chi connectivity index (χ3v) is 6.70. The fourth-order valence-electron chi connectivity index (χ4n) is 5.16. The average molecular weight is 397 g/mol. The molecule has 0 unspecified atom stereocenters. The Morgan fingerprint density at radius 1 is 1.29 bits per heavy atom. The van der Waals surface area contributed by atoms with Gasteiger partial charge in [0.25, 0.3) is 0 Å². The van der Waals surface area contributed by atoms with Gasteiger partial charge < -0.3 is 19.7 Å². The first-order valence-corrected chi connectivity index (χ1v) is 11.1. The van der Waals surface area contributed by atoms with Crippen LogP contribution in [0, 0.1) is 29.6 Å². The van der Waals surface area contributed by atoms with Gasteiger partial charge in [-0.15, -0.1) is 0 Å². The number of esters is 1. The van der Waals surface area contributed by atoms with Gasteiger partial charge in [0, 0.05) is 12.5 Å². The fraction of sp³-hybridized carbons (Fsp3) is 0.870. The number of fused-ring (bicyclic) bond motifs is 1. The van der Waals surface area contributed by atoms with Crippen LogP contribution in [0.1, 0.15) is 65.2 Å². The van der Waals surface area contributed by atoms with E-state index in [9.17, 15) is 15.0 Å². The molecule has 2 aliphatic carbocycles. The molecule has 0 radical (unpaired) electrons. The Hall–Kier alpha value is -0.910. The standard InChI is InChI=1S/C23H40O5/c1-4-5-6-16(2)11-19(24)7-8-20-21-13-17(12-18(21)14-22(20)25)9-10-28-15-23(26)27-3/h7-8,16-22,24-25H,4-6,9-15H2,1-3H3/t16-,17+,18-,19+,20+,21-,22+/m0/s1. The van der Waals surface area contributed by atoms with Crippen LogP contribution >= 0.6 is 0 Å². The highest BCUT2D eigenvalue weighted by atomic mass is 16.6. The van der Waals surface area contributed by atoms with Crippen molar-refractivity contribution in [2.45, 2.75) is 77.4 Å². The van der Waals surface area contributed by atoms with Crippen molar-refractivity contribution in [2.24, 2.45) is 29.6 Å². The Labute approximate surface area is 170 Å². The molecule has 2 fully saturated rings. The van der Waals surface area contributed by atoms with Crippen LogP contribution in [0.25, 0.3) is 0 Å². The van der Waals surface area contributed by atoms with Gasteiger partial charge in [-0.3, -0.25) is 0 Å². The van der Waals surface area contributed by atoms with E-state index in [2.05, 4.69) is 24.7 Å². The summed E-state index contributed by atoms with van der Waals surface area (Å²) < 4.78 is 9.97. The van der Waals surface area contributed by atoms with Crippen LogP contribution in [0.5, 0.6) is 0 Å². The number of unbranched alkanes of at least 4 members (excludes halogenated alkanes) is 1. The smallest absolute Gasteiger partial charge is 0.331 e. The first-order chi connectivity index (χ1) is 13.4. The van der Waals surface area contributed by atoms with Gasteiger partial charge in [0.15, 0.2) is 0 Å². The fourth-order valence-corrected chi connectivity index (χ4v) is 5.16. The molecule has 0 bridgehead atoms. The molecule has 2 rings (SSSR count). The van der Waals surface area contributed by atoms with Gasteiger partial charge in [0.05, 0.1) is 19.3 Å². The topological polar surface area (TPSA) is 76.0 Å². The minimum atomic E-state index is -0.415. The van der Waals surface area contributed by atoms with E-state index in [-0.39, 0.29) is 24.6 Å². The van der Waals surface area contributed by atoms with Gasteiger partial charge in [-0.1, -0.05) is 45.3 Å². The van der Waals surface area contributed by atoms with E-state index in [0.717, 1.165) is 38.5 Å². The number of aliphatic hydroxyl groups excluding tert-OH is 2. The van der Waals surface area contributed by atoms with Crippen molar-refractivity contribution < 1.29 is 24.5 Å². The molecule has 2 saturated carbocycles. The highest BCUT2D eigenvalue weighted by Gasteiger charge is 2.46. The maximum absolute atomic E-state index is 11.1. The molecule has 0 heterocycles. The molecule has 2 N–H and O–H groups in total. The van der Waals surface area contributed by atoms with Crippen LogP contribution in [0.4, 0.5) is 0 Å². The van der Waals surface area contributed by atoms with Gasteiger partial charge in [-0.2, -0.15) is 0 Å². The number of hydrogen-bond donors (Lipinski definition) is 2. The van der Waals surface area contributed by atoms with Crippen LogP contribution in [0.15, 0.2) is 12.2 Å². The van der Waals surface area contributed by atoms with Crippen LogP contribution in [-0.4, -0.2) is 48.7 Å². The summed E-state index contributed by atoms with van der Waals surface area (Å²) in [5.74, 6) is 2.01. The molecular formula is C23H40O5. The summed E-state index contributed by atoms with van der Waals surface area (Å²) >= 11 is 0. The lowest BCUT2D eigenvalue weighted by Crippen LogP contribution is -2.19. The second-order valence-corrected chi connectivity index (χ2v) is 8.99. The first-order valence-electron chi connectivity index (χ1n) is 11.1. The number of hydrogen-bond acceptors (Lipinski definition) is 5. The molecule has 0 saturated heterocycles. The number of carbonyl (C=O) groups excluding carboxylic acids is 1. The van der Waals surface area contributed by atoms with Crippen molar-refractivity contribution in [1.29, 1.82) is 0 Å². The summed E-state index contributed by atoms with van der Waals surface area (Å²) in [6.45, 7) is 5.00.